The highest BCUT2D eigenvalue weighted by molar-refractivity contribution is 5.77. The van der Waals surface area contributed by atoms with E-state index in [4.69, 9.17) is 14.2 Å². The van der Waals surface area contributed by atoms with Crippen molar-refractivity contribution in [3.8, 4) is 22.9 Å². The van der Waals surface area contributed by atoms with Gasteiger partial charge in [-0.1, -0.05) is 0 Å². The third-order valence-electron chi connectivity index (χ3n) is 3.21. The fourth-order valence-electron chi connectivity index (χ4n) is 2.03. The van der Waals surface area contributed by atoms with E-state index in [9.17, 15) is 4.79 Å². The summed E-state index contributed by atoms with van der Waals surface area (Å²) in [4.78, 5) is 11.4. The Morgan fingerprint density at radius 2 is 1.80 bits per heavy atom. The van der Waals surface area contributed by atoms with Crippen molar-refractivity contribution in [3.05, 3.63) is 36.4 Å². The number of rotatable bonds is 10. The number of aromatic nitrogens is 2. The van der Waals surface area contributed by atoms with E-state index in [1.807, 2.05) is 44.2 Å². The number of hydrogen-bond donors (Lipinski definition) is 1. The molecule has 0 bridgehead atoms. The van der Waals surface area contributed by atoms with E-state index in [0.717, 1.165) is 17.0 Å². The maximum absolute atomic E-state index is 11.4. The molecule has 134 valence electrons. The molecule has 0 spiro atoms. The largest absolute Gasteiger partial charge is 0.494 e. The smallest absolute Gasteiger partial charge is 0.246 e. The number of nitrogens with zero attached hydrogens (tertiary/aromatic N) is 2. The van der Waals surface area contributed by atoms with E-state index >= 15 is 0 Å². The maximum atomic E-state index is 11.4. The summed E-state index contributed by atoms with van der Waals surface area (Å²) in [6, 6.07) is 11.3. The Morgan fingerprint density at radius 1 is 1.00 bits per heavy atom. The van der Waals surface area contributed by atoms with E-state index in [2.05, 4.69) is 15.5 Å². The molecule has 1 aromatic carbocycles. The summed E-state index contributed by atoms with van der Waals surface area (Å²) in [6.45, 7) is 5.70. The molecule has 1 amide bonds. The number of nitrogens with one attached hydrogen (secondary N) is 1. The standard InChI is InChI=1S/C18H23N3O4/c1-3-23-13-17(22)19-11-12-25-18-10-9-16(20-21-18)14-5-7-15(8-6-14)24-4-2/h5-10H,3-4,11-13H2,1-2H3,(H,19,22). The number of hydrogen-bond acceptors (Lipinski definition) is 6. The summed E-state index contributed by atoms with van der Waals surface area (Å²) in [7, 11) is 0. The van der Waals surface area contributed by atoms with Gasteiger partial charge in [-0.2, -0.15) is 0 Å². The molecule has 0 atom stereocenters. The molecule has 0 unspecified atom stereocenters. The van der Waals surface area contributed by atoms with Crippen molar-refractivity contribution in [1.82, 2.24) is 15.5 Å². The van der Waals surface area contributed by atoms with Crippen LogP contribution in [-0.4, -0.2) is 49.1 Å². The second-order valence-electron chi connectivity index (χ2n) is 5.05. The van der Waals surface area contributed by atoms with Crippen molar-refractivity contribution in [2.45, 2.75) is 13.8 Å². The maximum Gasteiger partial charge on any atom is 0.246 e. The first-order valence-corrected chi connectivity index (χ1v) is 8.27. The summed E-state index contributed by atoms with van der Waals surface area (Å²) in [5.41, 5.74) is 1.70. The second-order valence-corrected chi connectivity index (χ2v) is 5.05. The average Bonchev–Trinajstić information content (AvgIpc) is 2.65. The number of ether oxygens (including phenoxy) is 3. The molecule has 0 fully saturated rings. The quantitative estimate of drug-likeness (QED) is 0.664. The van der Waals surface area contributed by atoms with Crippen LogP contribution in [-0.2, 0) is 9.53 Å². The van der Waals surface area contributed by atoms with Crippen molar-refractivity contribution in [3.63, 3.8) is 0 Å². The average molecular weight is 345 g/mol. The Hall–Kier alpha value is -2.67. The van der Waals surface area contributed by atoms with Gasteiger partial charge in [0.2, 0.25) is 11.8 Å². The summed E-state index contributed by atoms with van der Waals surface area (Å²) in [5.74, 6) is 1.07. The van der Waals surface area contributed by atoms with Crippen LogP contribution in [0.25, 0.3) is 11.3 Å². The summed E-state index contributed by atoms with van der Waals surface area (Å²) in [6.07, 6.45) is 0. The first-order valence-electron chi connectivity index (χ1n) is 8.27. The molecule has 1 aromatic heterocycles. The van der Waals surface area contributed by atoms with Crippen molar-refractivity contribution in [1.29, 1.82) is 0 Å². The van der Waals surface area contributed by atoms with E-state index in [1.165, 1.54) is 0 Å². The van der Waals surface area contributed by atoms with Crippen LogP contribution in [0.1, 0.15) is 13.8 Å². The van der Waals surface area contributed by atoms with Gasteiger partial charge in [0.15, 0.2) is 0 Å². The van der Waals surface area contributed by atoms with Gasteiger partial charge in [0.1, 0.15) is 19.0 Å². The molecule has 25 heavy (non-hydrogen) atoms. The normalized spacial score (nSPS) is 10.3. The molecule has 1 heterocycles. The predicted molar refractivity (Wildman–Crippen MR) is 93.6 cm³/mol. The van der Waals surface area contributed by atoms with Crippen LogP contribution in [0.2, 0.25) is 0 Å². The molecule has 0 saturated heterocycles. The zero-order chi connectivity index (χ0) is 17.9. The molecule has 0 aliphatic heterocycles. The number of carbonyl (C=O) groups excluding carboxylic acids is 1. The van der Waals surface area contributed by atoms with Gasteiger partial charge in [-0.25, -0.2) is 0 Å². The van der Waals surface area contributed by atoms with Gasteiger partial charge in [-0.05, 0) is 44.2 Å². The zero-order valence-electron chi connectivity index (χ0n) is 14.5. The van der Waals surface area contributed by atoms with Crippen molar-refractivity contribution < 1.29 is 19.0 Å². The molecule has 2 aromatic rings. The molecular weight excluding hydrogens is 322 g/mol. The van der Waals surface area contributed by atoms with Gasteiger partial charge in [0.05, 0.1) is 18.8 Å². The van der Waals surface area contributed by atoms with Crippen molar-refractivity contribution in [2.24, 2.45) is 0 Å². The summed E-state index contributed by atoms with van der Waals surface area (Å²) in [5, 5.41) is 10.9. The third-order valence-corrected chi connectivity index (χ3v) is 3.21. The predicted octanol–water partition coefficient (Wildman–Crippen LogP) is 2.07. The lowest BCUT2D eigenvalue weighted by molar-refractivity contribution is -0.125. The molecule has 0 aliphatic rings. The lowest BCUT2D eigenvalue weighted by atomic mass is 10.1. The van der Waals surface area contributed by atoms with Crippen LogP contribution >= 0.6 is 0 Å². The molecule has 1 N–H and O–H groups in total. The molecule has 7 heteroatoms. The van der Waals surface area contributed by atoms with Crippen molar-refractivity contribution >= 4 is 5.91 Å². The van der Waals surface area contributed by atoms with E-state index in [0.29, 0.717) is 32.2 Å². The van der Waals surface area contributed by atoms with E-state index in [1.54, 1.807) is 6.07 Å². The van der Waals surface area contributed by atoms with Crippen LogP contribution in [0.5, 0.6) is 11.6 Å². The zero-order valence-corrected chi connectivity index (χ0v) is 14.5. The van der Waals surface area contributed by atoms with Crippen LogP contribution in [0.3, 0.4) is 0 Å². The number of carbonyl (C=O) groups is 1. The first kappa shape index (κ1) is 18.7. The second kappa shape index (κ2) is 10.2. The van der Waals surface area contributed by atoms with Crippen LogP contribution in [0.4, 0.5) is 0 Å². The van der Waals surface area contributed by atoms with Crippen LogP contribution in [0.15, 0.2) is 36.4 Å². The van der Waals surface area contributed by atoms with Gasteiger partial charge < -0.3 is 19.5 Å². The minimum Gasteiger partial charge on any atom is -0.494 e. The fraction of sp³-hybridized carbons (Fsp3) is 0.389. The highest BCUT2D eigenvalue weighted by Gasteiger charge is 2.04. The monoisotopic (exact) mass is 345 g/mol. The molecule has 7 nitrogen and oxygen atoms in total. The lowest BCUT2D eigenvalue weighted by Gasteiger charge is -2.07. The van der Waals surface area contributed by atoms with Gasteiger partial charge in [0, 0.05) is 18.2 Å². The minimum atomic E-state index is -0.164. The molecule has 0 radical (unpaired) electrons. The Labute approximate surface area is 147 Å². The number of amides is 1. The molecule has 0 saturated carbocycles. The van der Waals surface area contributed by atoms with Crippen molar-refractivity contribution in [2.75, 3.05) is 33.0 Å². The summed E-state index contributed by atoms with van der Waals surface area (Å²) >= 11 is 0. The van der Waals surface area contributed by atoms with E-state index < -0.39 is 0 Å². The highest BCUT2D eigenvalue weighted by Crippen LogP contribution is 2.21. The highest BCUT2D eigenvalue weighted by atomic mass is 16.5. The van der Waals surface area contributed by atoms with Gasteiger partial charge in [-0.15, -0.1) is 10.2 Å². The minimum absolute atomic E-state index is 0.0626. The van der Waals surface area contributed by atoms with Gasteiger partial charge in [0.25, 0.3) is 0 Å². The molecular formula is C18H23N3O4. The SMILES string of the molecule is CCOCC(=O)NCCOc1ccc(-c2ccc(OCC)cc2)nn1. The Balaban J connectivity index is 1.78. The molecule has 2 rings (SSSR count). The Morgan fingerprint density at radius 3 is 2.44 bits per heavy atom. The third kappa shape index (κ3) is 6.39. The number of benzene rings is 1. The van der Waals surface area contributed by atoms with Gasteiger partial charge >= 0.3 is 0 Å². The fourth-order valence-corrected chi connectivity index (χ4v) is 2.03. The van der Waals surface area contributed by atoms with Crippen LogP contribution in [0, 0.1) is 0 Å². The van der Waals surface area contributed by atoms with E-state index in [-0.39, 0.29) is 12.5 Å². The first-order chi connectivity index (χ1) is 12.2. The van der Waals surface area contributed by atoms with Crippen LogP contribution < -0.4 is 14.8 Å². The Kier molecular flexibility index (Phi) is 7.65. The molecule has 0 aliphatic carbocycles. The Bertz CT molecular complexity index is 644. The lowest BCUT2D eigenvalue weighted by Crippen LogP contribution is -2.31. The topological polar surface area (TPSA) is 82.6 Å². The summed E-state index contributed by atoms with van der Waals surface area (Å²) < 4.78 is 15.9. The van der Waals surface area contributed by atoms with Gasteiger partial charge in [-0.3, -0.25) is 4.79 Å².